The van der Waals surface area contributed by atoms with Crippen LogP contribution in [0.1, 0.15) is 5.56 Å². The van der Waals surface area contributed by atoms with Crippen molar-refractivity contribution >= 4 is 23.2 Å². The van der Waals surface area contributed by atoms with E-state index in [1.807, 2.05) is 30.3 Å². The van der Waals surface area contributed by atoms with Gasteiger partial charge in [-0.05, 0) is 18.2 Å². The van der Waals surface area contributed by atoms with Gasteiger partial charge < -0.3 is 4.74 Å². The second kappa shape index (κ2) is 3.50. The predicted molar refractivity (Wildman–Crippen MR) is 73.7 cm³/mol. The lowest BCUT2D eigenvalue weighted by Crippen LogP contribution is -1.89. The van der Waals surface area contributed by atoms with E-state index >= 15 is 0 Å². The molecule has 2 nitrogen and oxygen atoms in total. The van der Waals surface area contributed by atoms with E-state index in [1.54, 1.807) is 0 Å². The Morgan fingerprint density at radius 2 is 1.72 bits per heavy atom. The van der Waals surface area contributed by atoms with Crippen LogP contribution in [0.2, 0.25) is 0 Å². The molecular formula is C16H11NO. The van der Waals surface area contributed by atoms with Crippen LogP contribution < -0.4 is 4.74 Å². The van der Waals surface area contributed by atoms with Gasteiger partial charge in [0, 0.05) is 23.2 Å². The summed E-state index contributed by atoms with van der Waals surface area (Å²) in [5.41, 5.74) is 2.27. The molecule has 1 aromatic heterocycles. The number of aromatic nitrogens is 1. The van der Waals surface area contributed by atoms with E-state index in [0.29, 0.717) is 0 Å². The van der Waals surface area contributed by atoms with Crippen LogP contribution in [0.5, 0.6) is 11.6 Å². The molecule has 2 heteroatoms. The molecule has 0 unspecified atom stereocenters. The summed E-state index contributed by atoms with van der Waals surface area (Å²) in [7, 11) is 0. The van der Waals surface area contributed by atoms with Crippen LogP contribution in [0, 0.1) is 0 Å². The number of hydrogen-bond donors (Lipinski definition) is 0. The van der Waals surface area contributed by atoms with Crippen molar-refractivity contribution in [2.24, 2.45) is 0 Å². The summed E-state index contributed by atoms with van der Waals surface area (Å²) in [4.78, 5) is 0. The Labute approximate surface area is 105 Å². The second-order valence-corrected chi connectivity index (χ2v) is 4.37. The number of nitrogens with zero attached hydrogens (tertiary/aromatic N) is 1. The van der Waals surface area contributed by atoms with Crippen LogP contribution in [-0.4, -0.2) is 4.57 Å². The molecule has 0 N–H and O–H groups in total. The maximum atomic E-state index is 5.99. The standard InChI is InChI=1S/C16H11NO/c1-3-7-14-13(6-1)11-16-17(14)10-9-12-5-2-4-8-15(12)18-16/h1-11H. The molecule has 4 rings (SSSR count). The number of ether oxygens (including phenoxy) is 1. The van der Waals surface area contributed by atoms with Gasteiger partial charge in [0.1, 0.15) is 5.75 Å². The maximum Gasteiger partial charge on any atom is 0.205 e. The van der Waals surface area contributed by atoms with E-state index in [1.165, 1.54) is 5.39 Å². The van der Waals surface area contributed by atoms with E-state index in [9.17, 15) is 0 Å². The van der Waals surface area contributed by atoms with Crippen molar-refractivity contribution in [3.63, 3.8) is 0 Å². The molecule has 0 saturated heterocycles. The van der Waals surface area contributed by atoms with Crippen molar-refractivity contribution in [1.29, 1.82) is 0 Å². The summed E-state index contributed by atoms with van der Waals surface area (Å²) in [5, 5.41) is 1.19. The molecule has 1 aliphatic rings. The largest absolute Gasteiger partial charge is 0.440 e. The third kappa shape index (κ3) is 1.29. The Balaban J connectivity index is 2.00. The van der Waals surface area contributed by atoms with E-state index in [2.05, 4.69) is 41.1 Å². The normalized spacial score (nSPS) is 12.7. The fraction of sp³-hybridized carbons (Fsp3) is 0. The van der Waals surface area contributed by atoms with Crippen molar-refractivity contribution in [2.75, 3.05) is 0 Å². The quantitative estimate of drug-likeness (QED) is 0.439. The number of fused-ring (bicyclic) bond motifs is 4. The van der Waals surface area contributed by atoms with Crippen LogP contribution in [0.15, 0.2) is 54.6 Å². The average molecular weight is 233 g/mol. The van der Waals surface area contributed by atoms with Gasteiger partial charge in [-0.2, -0.15) is 0 Å². The van der Waals surface area contributed by atoms with Gasteiger partial charge in [0.2, 0.25) is 5.88 Å². The molecule has 1 aliphatic heterocycles. The van der Waals surface area contributed by atoms with Crippen LogP contribution in [0.25, 0.3) is 23.2 Å². The minimum absolute atomic E-state index is 0.859. The molecule has 86 valence electrons. The lowest BCUT2D eigenvalue weighted by Gasteiger charge is -2.05. The Kier molecular flexibility index (Phi) is 1.86. The first-order chi connectivity index (χ1) is 8.92. The fourth-order valence-electron chi connectivity index (χ4n) is 2.36. The highest BCUT2D eigenvalue weighted by Gasteiger charge is 2.12. The Morgan fingerprint density at radius 1 is 0.889 bits per heavy atom. The minimum atomic E-state index is 0.859. The summed E-state index contributed by atoms with van der Waals surface area (Å²) in [6, 6.07) is 18.4. The highest BCUT2D eigenvalue weighted by molar-refractivity contribution is 5.86. The van der Waals surface area contributed by atoms with Gasteiger partial charge in [-0.1, -0.05) is 36.4 Å². The number of rotatable bonds is 0. The van der Waals surface area contributed by atoms with Crippen LogP contribution in [-0.2, 0) is 0 Å². The monoisotopic (exact) mass is 233 g/mol. The third-order valence-electron chi connectivity index (χ3n) is 3.25. The zero-order valence-electron chi connectivity index (χ0n) is 9.71. The van der Waals surface area contributed by atoms with Crippen molar-refractivity contribution in [3.05, 3.63) is 60.2 Å². The number of para-hydroxylation sites is 2. The van der Waals surface area contributed by atoms with Crippen molar-refractivity contribution in [2.45, 2.75) is 0 Å². The second-order valence-electron chi connectivity index (χ2n) is 4.37. The average Bonchev–Trinajstić information content (AvgIpc) is 2.65. The summed E-state index contributed by atoms with van der Waals surface area (Å²) < 4.78 is 8.07. The summed E-state index contributed by atoms with van der Waals surface area (Å²) in [5.74, 6) is 1.76. The van der Waals surface area contributed by atoms with Crippen LogP contribution in [0.4, 0.5) is 0 Å². The third-order valence-corrected chi connectivity index (χ3v) is 3.25. The smallest absolute Gasteiger partial charge is 0.205 e. The molecule has 0 atom stereocenters. The fourth-order valence-corrected chi connectivity index (χ4v) is 2.36. The van der Waals surface area contributed by atoms with E-state index < -0.39 is 0 Å². The van der Waals surface area contributed by atoms with Gasteiger partial charge in [-0.15, -0.1) is 0 Å². The first kappa shape index (κ1) is 9.54. The van der Waals surface area contributed by atoms with Crippen LogP contribution >= 0.6 is 0 Å². The van der Waals surface area contributed by atoms with Crippen molar-refractivity contribution in [1.82, 2.24) is 4.57 Å². The highest BCUT2D eigenvalue weighted by atomic mass is 16.5. The van der Waals surface area contributed by atoms with Gasteiger partial charge in [-0.25, -0.2) is 0 Å². The van der Waals surface area contributed by atoms with E-state index in [-0.39, 0.29) is 0 Å². The van der Waals surface area contributed by atoms with Gasteiger partial charge in [0.05, 0.1) is 5.52 Å². The zero-order valence-corrected chi connectivity index (χ0v) is 9.71. The summed E-state index contributed by atoms with van der Waals surface area (Å²) >= 11 is 0. The van der Waals surface area contributed by atoms with E-state index in [0.717, 1.165) is 22.7 Å². The van der Waals surface area contributed by atoms with Crippen molar-refractivity contribution < 1.29 is 4.74 Å². The maximum absolute atomic E-state index is 5.99. The molecule has 2 heterocycles. The number of hydrogen-bond acceptors (Lipinski definition) is 1. The minimum Gasteiger partial charge on any atom is -0.440 e. The number of benzene rings is 2. The summed E-state index contributed by atoms with van der Waals surface area (Å²) in [6.07, 6.45) is 4.14. The molecule has 0 spiro atoms. The van der Waals surface area contributed by atoms with Crippen molar-refractivity contribution in [3.8, 4) is 11.6 Å². The molecule has 0 amide bonds. The molecule has 0 bridgehead atoms. The molecule has 0 saturated carbocycles. The Bertz CT molecular complexity index is 768. The summed E-state index contributed by atoms with van der Waals surface area (Å²) in [6.45, 7) is 0. The van der Waals surface area contributed by atoms with Crippen LogP contribution in [0.3, 0.4) is 0 Å². The Hall–Kier alpha value is -2.48. The first-order valence-corrected chi connectivity index (χ1v) is 5.97. The van der Waals surface area contributed by atoms with E-state index in [4.69, 9.17) is 4.74 Å². The van der Waals surface area contributed by atoms with Gasteiger partial charge >= 0.3 is 0 Å². The molecule has 0 fully saturated rings. The lowest BCUT2D eigenvalue weighted by molar-refractivity contribution is 0.459. The zero-order chi connectivity index (χ0) is 11.9. The molecule has 3 aromatic rings. The van der Waals surface area contributed by atoms with Gasteiger partial charge in [-0.3, -0.25) is 4.57 Å². The van der Waals surface area contributed by atoms with Gasteiger partial charge in [0.15, 0.2) is 0 Å². The topological polar surface area (TPSA) is 14.2 Å². The van der Waals surface area contributed by atoms with Gasteiger partial charge in [0.25, 0.3) is 0 Å². The molecule has 0 aliphatic carbocycles. The molecule has 0 radical (unpaired) electrons. The SMILES string of the molecule is C1=Cn2c(cc3ccccc32)Oc2ccccc21. The predicted octanol–water partition coefficient (Wildman–Crippen LogP) is 4.37. The molecule has 18 heavy (non-hydrogen) atoms. The Morgan fingerprint density at radius 3 is 2.72 bits per heavy atom. The molecular weight excluding hydrogens is 222 g/mol. The molecule has 2 aromatic carbocycles. The first-order valence-electron chi connectivity index (χ1n) is 5.97. The highest BCUT2D eigenvalue weighted by Crippen LogP contribution is 2.34. The lowest BCUT2D eigenvalue weighted by atomic mass is 10.2.